The highest BCUT2D eigenvalue weighted by molar-refractivity contribution is 6.99. The number of ether oxygens (including phenoxy) is 2. The van der Waals surface area contributed by atoms with E-state index in [-0.39, 0.29) is 17.2 Å². The summed E-state index contributed by atoms with van der Waals surface area (Å²) in [6.07, 6.45) is 0.826. The van der Waals surface area contributed by atoms with Gasteiger partial charge >= 0.3 is 6.09 Å². The van der Waals surface area contributed by atoms with Crippen molar-refractivity contribution in [3.05, 3.63) is 95.0 Å². The normalized spacial score (nSPS) is 17.7. The van der Waals surface area contributed by atoms with Crippen LogP contribution in [0.25, 0.3) is 0 Å². The fourth-order valence-electron chi connectivity index (χ4n) is 5.62. The standard InChI is InChI=1S/C33H42ClNO4Si/c1-32(2,3)39-31(36)35-30-28-20-19-25(34)22-24(28)23-37-29(30)18-13-21-38-40(33(4,5)6,26-14-9-7-10-15-26)27-16-11-8-12-17-27/h7-12,14-17,19-20,22,29-30H,13,18,21,23H2,1-6H3,(H,35,36)/t29-,30-/m0/s1. The minimum absolute atomic E-state index is 0.0872. The largest absolute Gasteiger partial charge is 0.444 e. The lowest BCUT2D eigenvalue weighted by atomic mass is 9.91. The van der Waals surface area contributed by atoms with Gasteiger partial charge in [-0.3, -0.25) is 0 Å². The summed E-state index contributed by atoms with van der Waals surface area (Å²) in [5, 5.41) is 6.16. The van der Waals surface area contributed by atoms with E-state index in [0.717, 1.165) is 24.0 Å². The fourth-order valence-corrected chi connectivity index (χ4v) is 10.4. The lowest BCUT2D eigenvalue weighted by molar-refractivity contribution is -0.0140. The highest BCUT2D eigenvalue weighted by Crippen LogP contribution is 2.38. The molecule has 0 aliphatic carbocycles. The Bertz CT molecular complexity index is 1230. The van der Waals surface area contributed by atoms with Crippen LogP contribution < -0.4 is 15.7 Å². The number of benzene rings is 3. The molecule has 0 radical (unpaired) electrons. The predicted octanol–water partition coefficient (Wildman–Crippen LogP) is 7.16. The first-order chi connectivity index (χ1) is 18.9. The molecule has 3 aromatic carbocycles. The van der Waals surface area contributed by atoms with E-state index in [1.807, 2.05) is 39.0 Å². The molecule has 40 heavy (non-hydrogen) atoms. The van der Waals surface area contributed by atoms with Crippen LogP contribution in [0.4, 0.5) is 4.79 Å². The zero-order chi connectivity index (χ0) is 29.0. The first-order valence-electron chi connectivity index (χ1n) is 14.1. The second-order valence-electron chi connectivity index (χ2n) is 12.5. The third-order valence-corrected chi connectivity index (χ3v) is 12.6. The van der Waals surface area contributed by atoms with Gasteiger partial charge in [0, 0.05) is 11.6 Å². The number of nitrogens with one attached hydrogen (secondary N) is 1. The van der Waals surface area contributed by atoms with Gasteiger partial charge < -0.3 is 19.2 Å². The van der Waals surface area contributed by atoms with Crippen LogP contribution in [0.15, 0.2) is 78.9 Å². The molecule has 0 saturated heterocycles. The maximum atomic E-state index is 12.8. The fraction of sp³-hybridized carbons (Fsp3) is 0.424. The molecule has 0 spiro atoms. The van der Waals surface area contributed by atoms with Gasteiger partial charge in [0.05, 0.1) is 18.8 Å². The van der Waals surface area contributed by atoms with Crippen LogP contribution in [-0.2, 0) is 20.5 Å². The molecule has 4 rings (SSSR count). The van der Waals surface area contributed by atoms with Crippen molar-refractivity contribution in [2.75, 3.05) is 6.61 Å². The van der Waals surface area contributed by atoms with Crippen molar-refractivity contribution < 1.29 is 18.7 Å². The van der Waals surface area contributed by atoms with Crippen LogP contribution in [-0.4, -0.2) is 32.7 Å². The number of halogens is 1. The van der Waals surface area contributed by atoms with E-state index in [1.165, 1.54) is 10.4 Å². The molecule has 7 heteroatoms. The van der Waals surface area contributed by atoms with Crippen LogP contribution in [0, 0.1) is 0 Å². The van der Waals surface area contributed by atoms with Crippen LogP contribution in [0.5, 0.6) is 0 Å². The molecular formula is C33H42ClNO4Si. The van der Waals surface area contributed by atoms with E-state index in [9.17, 15) is 4.79 Å². The van der Waals surface area contributed by atoms with Crippen LogP contribution >= 0.6 is 11.6 Å². The third kappa shape index (κ3) is 6.97. The number of hydrogen-bond acceptors (Lipinski definition) is 4. The predicted molar refractivity (Wildman–Crippen MR) is 165 cm³/mol. The van der Waals surface area contributed by atoms with Crippen molar-refractivity contribution in [1.82, 2.24) is 5.32 Å². The van der Waals surface area contributed by atoms with Crippen molar-refractivity contribution in [1.29, 1.82) is 0 Å². The molecule has 1 aliphatic heterocycles. The summed E-state index contributed by atoms with van der Waals surface area (Å²) < 4.78 is 19.0. The first kappa shape index (κ1) is 30.3. The Morgan fingerprint density at radius 3 is 2.10 bits per heavy atom. The van der Waals surface area contributed by atoms with Crippen molar-refractivity contribution >= 4 is 36.4 Å². The quantitative estimate of drug-likeness (QED) is 0.227. The monoisotopic (exact) mass is 579 g/mol. The molecule has 0 aromatic heterocycles. The van der Waals surface area contributed by atoms with Crippen molar-refractivity contribution in [2.45, 2.75) is 83.8 Å². The molecule has 1 N–H and O–H groups in total. The van der Waals surface area contributed by atoms with Gasteiger partial charge in [0.2, 0.25) is 0 Å². The zero-order valence-electron chi connectivity index (χ0n) is 24.5. The Morgan fingerprint density at radius 2 is 1.55 bits per heavy atom. The molecule has 3 aromatic rings. The molecule has 5 nitrogen and oxygen atoms in total. The van der Waals surface area contributed by atoms with Gasteiger partial charge in [-0.05, 0) is 72.3 Å². The molecule has 1 heterocycles. The summed E-state index contributed by atoms with van der Waals surface area (Å²) in [4.78, 5) is 12.8. The Balaban J connectivity index is 1.54. The van der Waals surface area contributed by atoms with Gasteiger partial charge in [0.25, 0.3) is 8.32 Å². The summed E-state index contributed by atoms with van der Waals surface area (Å²) in [6, 6.07) is 26.7. The zero-order valence-corrected chi connectivity index (χ0v) is 26.3. The Labute approximate surface area is 245 Å². The topological polar surface area (TPSA) is 56.8 Å². The van der Waals surface area contributed by atoms with Crippen LogP contribution in [0.2, 0.25) is 10.1 Å². The number of hydrogen-bond donors (Lipinski definition) is 1. The van der Waals surface area contributed by atoms with E-state index < -0.39 is 20.0 Å². The summed E-state index contributed by atoms with van der Waals surface area (Å²) in [5.41, 5.74) is 1.40. The average Bonchev–Trinajstić information content (AvgIpc) is 2.89. The second kappa shape index (κ2) is 12.5. The van der Waals surface area contributed by atoms with Gasteiger partial charge in [-0.15, -0.1) is 0 Å². The van der Waals surface area contributed by atoms with Gasteiger partial charge in [-0.2, -0.15) is 0 Å². The number of fused-ring (bicyclic) bond motifs is 1. The summed E-state index contributed by atoms with van der Waals surface area (Å²) in [6.45, 7) is 13.5. The minimum atomic E-state index is -2.62. The molecule has 0 bridgehead atoms. The molecule has 0 saturated carbocycles. The molecule has 1 aliphatic rings. The van der Waals surface area contributed by atoms with E-state index >= 15 is 0 Å². The maximum Gasteiger partial charge on any atom is 0.408 e. The van der Waals surface area contributed by atoms with Crippen LogP contribution in [0.3, 0.4) is 0 Å². The van der Waals surface area contributed by atoms with Crippen molar-refractivity contribution in [3.8, 4) is 0 Å². The number of alkyl carbamates (subject to hydrolysis) is 1. The lowest BCUT2D eigenvalue weighted by Crippen LogP contribution is -2.66. The summed E-state index contributed by atoms with van der Waals surface area (Å²) in [5.74, 6) is 0. The molecule has 2 atom stereocenters. The van der Waals surface area contributed by atoms with E-state index in [4.69, 9.17) is 25.5 Å². The molecule has 0 unspecified atom stereocenters. The second-order valence-corrected chi connectivity index (χ2v) is 17.2. The molecule has 1 amide bonds. The minimum Gasteiger partial charge on any atom is -0.444 e. The van der Waals surface area contributed by atoms with E-state index in [2.05, 4.69) is 86.8 Å². The van der Waals surface area contributed by atoms with Gasteiger partial charge in [-0.25, -0.2) is 4.79 Å². The third-order valence-electron chi connectivity index (χ3n) is 7.31. The highest BCUT2D eigenvalue weighted by Gasteiger charge is 2.50. The molecule has 0 fully saturated rings. The highest BCUT2D eigenvalue weighted by atomic mass is 35.5. The van der Waals surface area contributed by atoms with Gasteiger partial charge in [0.1, 0.15) is 5.60 Å². The van der Waals surface area contributed by atoms with Gasteiger partial charge in [0.15, 0.2) is 0 Å². The smallest absolute Gasteiger partial charge is 0.408 e. The lowest BCUT2D eigenvalue weighted by Gasteiger charge is -2.43. The Hall–Kier alpha value is -2.64. The number of amides is 1. The SMILES string of the molecule is CC(C)(C)OC(=O)N[C@H]1c2ccc(Cl)cc2CO[C@H]1CCCO[Si](c1ccccc1)(c1ccccc1)C(C)(C)C. The number of rotatable bonds is 8. The van der Waals surface area contributed by atoms with E-state index in [0.29, 0.717) is 18.2 Å². The van der Waals surface area contributed by atoms with Crippen molar-refractivity contribution in [2.24, 2.45) is 0 Å². The first-order valence-corrected chi connectivity index (χ1v) is 16.3. The number of carbonyl (C=O) groups is 1. The molecular weight excluding hydrogens is 538 g/mol. The Kier molecular flexibility index (Phi) is 9.46. The Morgan fingerprint density at radius 1 is 0.950 bits per heavy atom. The summed E-state index contributed by atoms with van der Waals surface area (Å²) >= 11 is 6.26. The maximum absolute atomic E-state index is 12.8. The van der Waals surface area contributed by atoms with Crippen LogP contribution in [0.1, 0.15) is 71.6 Å². The van der Waals surface area contributed by atoms with Crippen molar-refractivity contribution in [3.63, 3.8) is 0 Å². The number of carbonyl (C=O) groups excluding carboxylic acids is 1. The van der Waals surface area contributed by atoms with Gasteiger partial charge in [-0.1, -0.05) is 99.1 Å². The average molecular weight is 580 g/mol. The summed E-state index contributed by atoms with van der Waals surface area (Å²) in [7, 11) is -2.62. The molecule has 214 valence electrons. The van der Waals surface area contributed by atoms with E-state index in [1.54, 1.807) is 0 Å².